The van der Waals surface area contributed by atoms with Gasteiger partial charge in [0.05, 0.1) is 0 Å². The molecule has 3 aliphatic rings. The van der Waals surface area contributed by atoms with Gasteiger partial charge in [-0.05, 0) is 13.8 Å². The molecular weight excluding hydrogens is 590 g/mol. The molecule has 8 atom stereocenters. The molecule has 17 nitrogen and oxygen atoms in total. The first kappa shape index (κ1) is 35.6. The predicted molar refractivity (Wildman–Crippen MR) is 139 cm³/mol. The van der Waals surface area contributed by atoms with Crippen molar-refractivity contribution in [3.63, 3.8) is 0 Å². The number of carboxylic acid groups (broad SMARTS) is 1. The molecule has 19 heteroatoms. The lowest BCUT2D eigenvalue weighted by Crippen LogP contribution is -2.39. The number of ether oxygens (including phenoxy) is 4. The van der Waals surface area contributed by atoms with Crippen molar-refractivity contribution in [2.24, 2.45) is 0 Å². The molecule has 2 aromatic heterocycles. The van der Waals surface area contributed by atoms with Crippen LogP contribution >= 0.6 is 0 Å². The maximum absolute atomic E-state index is 14.9. The van der Waals surface area contributed by atoms with Crippen LogP contribution in [-0.4, -0.2) is 88.3 Å². The van der Waals surface area contributed by atoms with Gasteiger partial charge in [0, 0.05) is 37.4 Å². The Hall–Kier alpha value is -3.59. The normalized spacial score (nSPS) is 33.7. The van der Waals surface area contributed by atoms with Crippen molar-refractivity contribution >= 4 is 6.47 Å². The van der Waals surface area contributed by atoms with Crippen molar-refractivity contribution in [2.75, 3.05) is 0 Å². The lowest BCUT2D eigenvalue weighted by Gasteiger charge is -2.27. The number of fused-ring (bicyclic) bond motifs is 1. The summed E-state index contributed by atoms with van der Waals surface area (Å²) in [6, 6.07) is 2.21. The van der Waals surface area contributed by atoms with E-state index in [2.05, 4.69) is 4.98 Å². The largest absolute Gasteiger partial charge is 0.483 e. The van der Waals surface area contributed by atoms with Crippen LogP contribution in [0.15, 0.2) is 43.7 Å². The average molecular weight is 625 g/mol. The molecule has 0 aliphatic carbocycles. The number of aromatic nitrogens is 4. The Kier molecular flexibility index (Phi) is 11.1. The third-order valence-electron chi connectivity index (χ3n) is 6.74. The van der Waals surface area contributed by atoms with E-state index in [0.29, 0.717) is 0 Å². The summed E-state index contributed by atoms with van der Waals surface area (Å²) in [7, 11) is 0. The van der Waals surface area contributed by atoms with E-state index in [1.165, 1.54) is 19.2 Å². The summed E-state index contributed by atoms with van der Waals surface area (Å²) in [5, 5.41) is 26.2. The van der Waals surface area contributed by atoms with Crippen LogP contribution in [0.2, 0.25) is 0 Å². The van der Waals surface area contributed by atoms with Crippen molar-refractivity contribution in [2.45, 2.75) is 94.9 Å². The predicted octanol–water partition coefficient (Wildman–Crippen LogP) is -1.60. The molecule has 0 unspecified atom stereocenters. The van der Waals surface area contributed by atoms with Gasteiger partial charge in [0.25, 0.3) is 17.6 Å². The standard InChI is InChI=1S/C13H17FN2O5.C10H13FN2O5.CH2O2.H2O/c1-4-13(14)9-8(19-12(2,3)20-9)10(21-13)16-6-5-7(17)15-11(16)18;1-2-10(11)7(16)6(15)8(18-10)13-4-3-5(14)12-9(13)17;2-1-3;/h5-6,8-10H,4H2,1-3H3,(H,15,17,18);3-4,6-8,15-16H,2H2,1H3,(H,12,14,17);1H,(H,2,3);1H2/t8-,9+,10-,13-;6-,7+,8-,10-;;/m11../s1. The molecule has 0 bridgehead atoms. The second-order valence-corrected chi connectivity index (χ2v) is 9.89. The number of hydrogen-bond acceptors (Lipinski definition) is 11. The smallest absolute Gasteiger partial charge is 0.330 e. The topological polar surface area (TPSA) is 256 Å². The summed E-state index contributed by atoms with van der Waals surface area (Å²) in [5.74, 6) is -5.42. The number of nitrogens with zero attached hydrogens (tertiary/aromatic N) is 2. The van der Waals surface area contributed by atoms with Gasteiger partial charge in [-0.25, -0.2) is 18.4 Å². The van der Waals surface area contributed by atoms with Gasteiger partial charge >= 0.3 is 11.4 Å². The van der Waals surface area contributed by atoms with Gasteiger partial charge in [-0.2, -0.15) is 0 Å². The fraction of sp³-hybridized carbons (Fsp3) is 0.625. The number of halogens is 2. The van der Waals surface area contributed by atoms with Crippen LogP contribution in [-0.2, 0) is 23.7 Å². The van der Waals surface area contributed by atoms with E-state index in [-0.39, 0.29) is 24.8 Å². The third kappa shape index (κ3) is 7.15. The lowest BCUT2D eigenvalue weighted by molar-refractivity contribution is -0.256. The number of aromatic amines is 2. The summed E-state index contributed by atoms with van der Waals surface area (Å²) in [5.41, 5.74) is -2.68. The molecule has 0 radical (unpaired) electrons. The Morgan fingerprint density at radius 1 is 0.860 bits per heavy atom. The second kappa shape index (κ2) is 13.4. The first-order valence-electron chi connectivity index (χ1n) is 12.7. The zero-order valence-corrected chi connectivity index (χ0v) is 23.4. The minimum atomic E-state index is -2.42. The zero-order chi connectivity index (χ0) is 31.6. The van der Waals surface area contributed by atoms with Crippen molar-refractivity contribution in [1.29, 1.82) is 0 Å². The quantitative estimate of drug-likeness (QED) is 0.241. The van der Waals surface area contributed by atoms with Crippen molar-refractivity contribution in [3.8, 4) is 0 Å². The summed E-state index contributed by atoms with van der Waals surface area (Å²) in [6.07, 6.45) is -5.22. The van der Waals surface area contributed by atoms with Crippen LogP contribution < -0.4 is 22.5 Å². The summed E-state index contributed by atoms with van der Waals surface area (Å²) < 4.78 is 52.4. The Morgan fingerprint density at radius 3 is 1.72 bits per heavy atom. The Bertz CT molecular complexity index is 1490. The maximum atomic E-state index is 14.9. The number of rotatable bonds is 4. The number of aliphatic hydroxyl groups is 2. The molecule has 5 rings (SSSR count). The Morgan fingerprint density at radius 2 is 1.30 bits per heavy atom. The van der Waals surface area contributed by atoms with E-state index >= 15 is 0 Å². The first-order chi connectivity index (χ1) is 19.6. The molecule has 0 saturated carbocycles. The second-order valence-electron chi connectivity index (χ2n) is 9.89. The SMILES string of the molecule is CC[C@@]1(F)O[C@@H](n2ccc(=O)[nH]c2=O)[C@@H]2OC(C)(C)O[C@@H]21.CC[C@@]1(F)O[C@@H](n2ccc(=O)[nH]c2=O)[C@H](O)[C@@H]1O.O.O=CO. The van der Waals surface area contributed by atoms with Crippen LogP contribution in [0.1, 0.15) is 53.0 Å². The van der Waals surface area contributed by atoms with Gasteiger partial charge in [0.2, 0.25) is 11.7 Å². The first-order valence-corrected chi connectivity index (χ1v) is 12.7. The Balaban J connectivity index is 0.000000272. The molecule has 242 valence electrons. The van der Waals surface area contributed by atoms with E-state index in [4.69, 9.17) is 28.8 Å². The molecule has 0 aromatic carbocycles. The number of carbonyl (C=O) groups is 1. The van der Waals surface area contributed by atoms with Crippen LogP contribution in [0, 0.1) is 0 Å². The number of aliphatic hydroxyl groups excluding tert-OH is 2. The summed E-state index contributed by atoms with van der Waals surface area (Å²) in [4.78, 5) is 57.8. The highest BCUT2D eigenvalue weighted by Gasteiger charge is 2.64. The van der Waals surface area contributed by atoms with Crippen LogP contribution in [0.25, 0.3) is 0 Å². The highest BCUT2D eigenvalue weighted by molar-refractivity contribution is 5.32. The van der Waals surface area contributed by atoms with Crippen molar-refractivity contribution < 1.29 is 53.3 Å². The van der Waals surface area contributed by atoms with Gasteiger partial charge in [0.1, 0.15) is 18.3 Å². The molecule has 3 fully saturated rings. The fourth-order valence-electron chi connectivity index (χ4n) is 4.69. The van der Waals surface area contributed by atoms with Gasteiger partial charge in [0.15, 0.2) is 24.3 Å². The minimum Gasteiger partial charge on any atom is -0.483 e. The molecule has 43 heavy (non-hydrogen) atoms. The summed E-state index contributed by atoms with van der Waals surface area (Å²) >= 11 is 0. The third-order valence-corrected chi connectivity index (χ3v) is 6.74. The van der Waals surface area contributed by atoms with Crippen molar-refractivity contribution in [3.05, 3.63) is 66.2 Å². The van der Waals surface area contributed by atoms with Crippen LogP contribution in [0.3, 0.4) is 0 Å². The fourth-order valence-corrected chi connectivity index (χ4v) is 4.69. The molecule has 7 N–H and O–H groups in total. The maximum Gasteiger partial charge on any atom is 0.330 e. The lowest BCUT2D eigenvalue weighted by atomic mass is 10.1. The summed E-state index contributed by atoms with van der Waals surface area (Å²) in [6.45, 7) is 6.17. The van der Waals surface area contributed by atoms with Gasteiger partial charge < -0.3 is 39.7 Å². The molecule has 5 heterocycles. The minimum absolute atomic E-state index is 0. The van der Waals surface area contributed by atoms with Crippen LogP contribution in [0.4, 0.5) is 8.78 Å². The monoisotopic (exact) mass is 624 g/mol. The molecule has 0 spiro atoms. The van der Waals surface area contributed by atoms with Crippen molar-refractivity contribution in [1.82, 2.24) is 19.1 Å². The zero-order valence-electron chi connectivity index (χ0n) is 23.4. The number of H-pyrrole nitrogens is 2. The van der Waals surface area contributed by atoms with E-state index in [1.807, 2.05) is 4.98 Å². The molecule has 3 aliphatic heterocycles. The van der Waals surface area contributed by atoms with Gasteiger partial charge in [-0.1, -0.05) is 13.8 Å². The van der Waals surface area contributed by atoms with Gasteiger partial charge in [-0.15, -0.1) is 0 Å². The highest BCUT2D eigenvalue weighted by Crippen LogP contribution is 2.49. The molecular formula is C24H34F2N4O13. The Labute approximate surface area is 240 Å². The molecule has 3 saturated heterocycles. The molecule has 0 amide bonds. The number of alkyl halides is 2. The van der Waals surface area contributed by atoms with Crippen LogP contribution in [0.5, 0.6) is 0 Å². The van der Waals surface area contributed by atoms with E-state index in [9.17, 15) is 38.2 Å². The van der Waals surface area contributed by atoms with Gasteiger partial charge in [-0.3, -0.25) is 33.5 Å². The molecule has 2 aromatic rings. The number of hydrogen-bond donors (Lipinski definition) is 5. The van der Waals surface area contributed by atoms with E-state index in [1.54, 1.807) is 20.8 Å². The number of nitrogens with one attached hydrogen (secondary N) is 2. The van der Waals surface area contributed by atoms with E-state index in [0.717, 1.165) is 21.4 Å². The van der Waals surface area contributed by atoms with E-state index < -0.39 is 76.9 Å². The average Bonchev–Trinajstić information content (AvgIpc) is 3.47. The highest BCUT2D eigenvalue weighted by atomic mass is 19.2.